The van der Waals surface area contributed by atoms with E-state index in [0.29, 0.717) is 22.2 Å². The Balaban J connectivity index is 2.05. The second kappa shape index (κ2) is 7.46. The average molecular weight is 325 g/mol. The van der Waals surface area contributed by atoms with Crippen molar-refractivity contribution in [3.63, 3.8) is 0 Å². The van der Waals surface area contributed by atoms with Crippen LogP contribution in [0.1, 0.15) is 18.4 Å². The molecule has 1 N–H and O–H groups in total. The molecule has 110 valence electrons. The Morgan fingerprint density at radius 1 is 1.52 bits per heavy atom. The maximum atomic E-state index is 12.0. The van der Waals surface area contributed by atoms with Gasteiger partial charge < -0.3 is 10.1 Å². The summed E-state index contributed by atoms with van der Waals surface area (Å²) in [5.41, 5.74) is 0.571. The van der Waals surface area contributed by atoms with Crippen molar-refractivity contribution in [2.45, 2.75) is 18.9 Å². The first-order valence-electron chi connectivity index (χ1n) is 6.57. The molecule has 1 aliphatic rings. The normalized spacial score (nSPS) is 18.3. The van der Waals surface area contributed by atoms with Crippen LogP contribution < -0.4 is 5.32 Å². The fourth-order valence-corrected chi connectivity index (χ4v) is 2.49. The van der Waals surface area contributed by atoms with Crippen LogP contribution in [0.4, 0.5) is 0 Å². The number of rotatable bonds is 4. The zero-order valence-electron chi connectivity index (χ0n) is 11.2. The van der Waals surface area contributed by atoms with E-state index in [1.807, 2.05) is 6.07 Å². The Morgan fingerprint density at radius 3 is 2.95 bits per heavy atom. The lowest BCUT2D eigenvalue weighted by molar-refractivity contribution is -0.117. The Morgan fingerprint density at radius 2 is 2.33 bits per heavy atom. The molecule has 2 rings (SSSR count). The van der Waals surface area contributed by atoms with E-state index in [2.05, 4.69) is 5.32 Å². The van der Waals surface area contributed by atoms with Gasteiger partial charge in [0.2, 0.25) is 0 Å². The summed E-state index contributed by atoms with van der Waals surface area (Å²) in [6.45, 7) is 1.13. The highest BCUT2D eigenvalue weighted by molar-refractivity contribution is 6.35. The first-order valence-corrected chi connectivity index (χ1v) is 7.32. The van der Waals surface area contributed by atoms with Gasteiger partial charge in [-0.25, -0.2) is 0 Å². The summed E-state index contributed by atoms with van der Waals surface area (Å²) < 4.78 is 5.41. The van der Waals surface area contributed by atoms with Gasteiger partial charge in [-0.1, -0.05) is 29.3 Å². The lowest BCUT2D eigenvalue weighted by atomic mass is 10.1. The predicted molar refractivity (Wildman–Crippen MR) is 82.0 cm³/mol. The molecule has 4 nitrogen and oxygen atoms in total. The van der Waals surface area contributed by atoms with Crippen molar-refractivity contribution in [2.75, 3.05) is 13.2 Å². The summed E-state index contributed by atoms with van der Waals surface area (Å²) in [5, 5.41) is 12.7. The molecule has 1 saturated heterocycles. The zero-order chi connectivity index (χ0) is 15.2. The third kappa shape index (κ3) is 4.47. The number of carbonyl (C=O) groups excluding carboxylic acids is 1. The maximum absolute atomic E-state index is 12.0. The number of amides is 1. The first-order chi connectivity index (χ1) is 10.1. The number of nitrogens with one attached hydrogen (secondary N) is 1. The molecule has 0 aromatic heterocycles. The van der Waals surface area contributed by atoms with E-state index in [9.17, 15) is 4.79 Å². The number of halogens is 2. The van der Waals surface area contributed by atoms with Crippen molar-refractivity contribution in [1.82, 2.24) is 5.32 Å². The van der Waals surface area contributed by atoms with Gasteiger partial charge in [0.25, 0.3) is 5.91 Å². The van der Waals surface area contributed by atoms with Crippen molar-refractivity contribution in [3.8, 4) is 6.07 Å². The van der Waals surface area contributed by atoms with Crippen molar-refractivity contribution in [3.05, 3.63) is 39.4 Å². The summed E-state index contributed by atoms with van der Waals surface area (Å²) in [6, 6.07) is 6.76. The molecule has 1 aliphatic heterocycles. The fourth-order valence-electron chi connectivity index (χ4n) is 2.03. The summed E-state index contributed by atoms with van der Waals surface area (Å²) in [4.78, 5) is 12.0. The van der Waals surface area contributed by atoms with Crippen LogP contribution in [-0.2, 0) is 9.53 Å². The molecule has 1 fully saturated rings. The third-order valence-corrected chi connectivity index (χ3v) is 3.70. The number of benzene rings is 1. The van der Waals surface area contributed by atoms with Gasteiger partial charge in [0.1, 0.15) is 11.6 Å². The SMILES string of the molecule is N#C/C(=C/c1ccc(Cl)cc1Cl)C(=O)NC[C@@H]1CCCO1. The van der Waals surface area contributed by atoms with E-state index >= 15 is 0 Å². The van der Waals surface area contributed by atoms with Gasteiger partial charge in [-0.15, -0.1) is 0 Å². The average Bonchev–Trinajstić information content (AvgIpc) is 2.97. The molecule has 0 aliphatic carbocycles. The first kappa shape index (κ1) is 15.8. The molecular weight excluding hydrogens is 311 g/mol. The van der Waals surface area contributed by atoms with Crippen molar-refractivity contribution in [2.24, 2.45) is 0 Å². The van der Waals surface area contributed by atoms with Gasteiger partial charge in [0, 0.05) is 23.2 Å². The Hall–Kier alpha value is -1.54. The van der Waals surface area contributed by atoms with Crippen molar-refractivity contribution < 1.29 is 9.53 Å². The summed E-state index contributed by atoms with van der Waals surface area (Å²) in [6.07, 6.45) is 3.41. The molecule has 0 radical (unpaired) electrons. The lowest BCUT2D eigenvalue weighted by Gasteiger charge is -2.10. The highest BCUT2D eigenvalue weighted by Gasteiger charge is 2.17. The quantitative estimate of drug-likeness (QED) is 0.683. The standard InChI is InChI=1S/C15H14Cl2N2O2/c16-12-4-3-10(14(17)7-12)6-11(8-18)15(20)19-9-13-2-1-5-21-13/h3-4,6-7,13H,1-2,5,9H2,(H,19,20)/b11-6-/t13-/m0/s1. The van der Waals surface area contributed by atoms with Crippen LogP contribution in [-0.4, -0.2) is 25.2 Å². The number of carbonyl (C=O) groups is 1. The highest BCUT2D eigenvalue weighted by atomic mass is 35.5. The van der Waals surface area contributed by atoms with Crippen molar-refractivity contribution >= 4 is 35.2 Å². The monoisotopic (exact) mass is 324 g/mol. The second-order valence-electron chi connectivity index (χ2n) is 4.68. The van der Waals surface area contributed by atoms with Crippen LogP contribution in [0.15, 0.2) is 23.8 Å². The number of nitriles is 1. The maximum Gasteiger partial charge on any atom is 0.262 e. The van der Waals surface area contributed by atoms with Gasteiger partial charge in [0.15, 0.2) is 0 Å². The van der Waals surface area contributed by atoms with Crippen molar-refractivity contribution in [1.29, 1.82) is 5.26 Å². The van der Waals surface area contributed by atoms with E-state index in [0.717, 1.165) is 19.4 Å². The van der Waals surface area contributed by atoms with Crippen LogP contribution >= 0.6 is 23.2 Å². The van der Waals surface area contributed by atoms with Gasteiger partial charge >= 0.3 is 0 Å². The molecule has 1 amide bonds. The minimum Gasteiger partial charge on any atom is -0.376 e. The zero-order valence-corrected chi connectivity index (χ0v) is 12.7. The molecule has 6 heteroatoms. The topological polar surface area (TPSA) is 62.1 Å². The van der Waals surface area contributed by atoms with E-state index in [1.54, 1.807) is 18.2 Å². The van der Waals surface area contributed by atoms with Crippen LogP contribution in [0.25, 0.3) is 6.08 Å². The number of nitrogens with zero attached hydrogens (tertiary/aromatic N) is 1. The van der Waals surface area contributed by atoms with Crippen LogP contribution in [0, 0.1) is 11.3 Å². The molecule has 1 aromatic rings. The summed E-state index contributed by atoms with van der Waals surface area (Å²) in [5.74, 6) is -0.431. The molecule has 0 unspecified atom stereocenters. The molecular formula is C15H14Cl2N2O2. The number of hydrogen-bond donors (Lipinski definition) is 1. The summed E-state index contributed by atoms with van der Waals surface area (Å²) in [7, 11) is 0. The largest absolute Gasteiger partial charge is 0.376 e. The minimum atomic E-state index is -0.431. The number of ether oxygens (including phenoxy) is 1. The van der Waals surface area contributed by atoms with Crippen LogP contribution in [0.3, 0.4) is 0 Å². The van der Waals surface area contributed by atoms with Gasteiger partial charge in [-0.3, -0.25) is 4.79 Å². The van der Waals surface area contributed by atoms with E-state index in [1.165, 1.54) is 6.08 Å². The Labute approximate surface area is 133 Å². The van der Waals surface area contributed by atoms with E-state index in [4.69, 9.17) is 33.2 Å². The van der Waals surface area contributed by atoms with E-state index < -0.39 is 5.91 Å². The molecule has 0 saturated carbocycles. The molecule has 21 heavy (non-hydrogen) atoms. The van der Waals surface area contributed by atoms with Crippen LogP contribution in [0.2, 0.25) is 10.0 Å². The van der Waals surface area contributed by atoms with Gasteiger partial charge in [-0.2, -0.15) is 5.26 Å². The molecule has 1 heterocycles. The summed E-state index contributed by atoms with van der Waals surface area (Å²) >= 11 is 11.8. The molecule has 0 spiro atoms. The Kier molecular flexibility index (Phi) is 5.63. The number of hydrogen-bond acceptors (Lipinski definition) is 3. The van der Waals surface area contributed by atoms with Crippen LogP contribution in [0.5, 0.6) is 0 Å². The van der Waals surface area contributed by atoms with E-state index in [-0.39, 0.29) is 11.7 Å². The minimum absolute atomic E-state index is 0.00257. The third-order valence-electron chi connectivity index (χ3n) is 3.14. The highest BCUT2D eigenvalue weighted by Crippen LogP contribution is 2.23. The molecule has 1 atom stereocenters. The lowest BCUT2D eigenvalue weighted by Crippen LogP contribution is -2.32. The smallest absolute Gasteiger partial charge is 0.262 e. The van der Waals surface area contributed by atoms with Gasteiger partial charge in [0.05, 0.1) is 6.10 Å². The molecule has 0 bridgehead atoms. The molecule has 1 aromatic carbocycles. The second-order valence-corrected chi connectivity index (χ2v) is 5.52. The fraction of sp³-hybridized carbons (Fsp3) is 0.333. The Bertz CT molecular complexity index is 602. The predicted octanol–water partition coefficient (Wildman–Crippen LogP) is 3.20. The van der Waals surface area contributed by atoms with Gasteiger partial charge in [-0.05, 0) is 36.6 Å².